The third-order valence-corrected chi connectivity index (χ3v) is 6.72. The van der Waals surface area contributed by atoms with Crippen LogP contribution in [0.2, 0.25) is 0 Å². The summed E-state index contributed by atoms with van der Waals surface area (Å²) in [6.45, 7) is 8.66. The van der Waals surface area contributed by atoms with Crippen LogP contribution in [0.25, 0.3) is 5.65 Å². The van der Waals surface area contributed by atoms with E-state index in [1.807, 2.05) is 42.2 Å². The average Bonchev–Trinajstić information content (AvgIpc) is 3.40. The summed E-state index contributed by atoms with van der Waals surface area (Å²) in [6.07, 6.45) is 2.54. The van der Waals surface area contributed by atoms with E-state index < -0.39 is 0 Å². The van der Waals surface area contributed by atoms with Crippen molar-refractivity contribution in [3.63, 3.8) is 0 Å². The Morgan fingerprint density at radius 3 is 2.71 bits per heavy atom. The molecule has 1 amide bonds. The van der Waals surface area contributed by atoms with Crippen LogP contribution in [-0.4, -0.2) is 49.4 Å². The Morgan fingerprint density at radius 1 is 1.19 bits per heavy atom. The zero-order chi connectivity index (χ0) is 21.7. The molecule has 7 nitrogen and oxygen atoms in total. The molecule has 1 aromatic carbocycles. The number of hydrogen-bond donors (Lipinski definition) is 1. The Kier molecular flexibility index (Phi) is 4.93. The number of aromatic amines is 1. The van der Waals surface area contributed by atoms with Gasteiger partial charge in [-0.05, 0) is 52.2 Å². The van der Waals surface area contributed by atoms with Crippen LogP contribution in [-0.2, 0) is 13.0 Å². The van der Waals surface area contributed by atoms with Crippen LogP contribution in [0.4, 0.5) is 0 Å². The number of nitrogens with zero attached hydrogens (tertiary/aromatic N) is 4. The number of rotatable bonds is 3. The van der Waals surface area contributed by atoms with Crippen LogP contribution in [0.3, 0.4) is 0 Å². The van der Waals surface area contributed by atoms with Crippen molar-refractivity contribution < 1.29 is 4.79 Å². The number of aryl methyl sites for hydroxylation is 1. The quantitative estimate of drug-likeness (QED) is 0.708. The second-order valence-corrected chi connectivity index (χ2v) is 9.08. The third-order valence-electron chi connectivity index (χ3n) is 6.72. The molecule has 2 aromatic heterocycles. The molecule has 4 heterocycles. The second kappa shape index (κ2) is 7.64. The van der Waals surface area contributed by atoms with Gasteiger partial charge in [-0.1, -0.05) is 17.7 Å². The molecule has 0 unspecified atom stereocenters. The number of benzene rings is 1. The summed E-state index contributed by atoms with van der Waals surface area (Å²) in [5.74, 6) is 0.0355. The summed E-state index contributed by atoms with van der Waals surface area (Å²) in [5.41, 5.74) is 5.04. The van der Waals surface area contributed by atoms with E-state index in [-0.39, 0.29) is 17.5 Å². The van der Waals surface area contributed by atoms with E-state index in [0.29, 0.717) is 23.8 Å². The van der Waals surface area contributed by atoms with E-state index in [4.69, 9.17) is 4.98 Å². The largest absolute Gasteiger partial charge is 0.330 e. The van der Waals surface area contributed by atoms with Gasteiger partial charge in [-0.3, -0.25) is 19.6 Å². The first-order valence-electron chi connectivity index (χ1n) is 11.2. The Morgan fingerprint density at radius 2 is 1.97 bits per heavy atom. The predicted molar refractivity (Wildman–Crippen MR) is 119 cm³/mol. The molecule has 0 radical (unpaired) electrons. The van der Waals surface area contributed by atoms with Gasteiger partial charge in [-0.2, -0.15) is 0 Å². The van der Waals surface area contributed by atoms with Gasteiger partial charge in [0, 0.05) is 42.9 Å². The van der Waals surface area contributed by atoms with Gasteiger partial charge < -0.3 is 4.90 Å². The van der Waals surface area contributed by atoms with E-state index in [0.717, 1.165) is 54.9 Å². The van der Waals surface area contributed by atoms with Gasteiger partial charge in [0.25, 0.3) is 11.5 Å². The summed E-state index contributed by atoms with van der Waals surface area (Å²) in [5, 5.41) is 3.27. The number of carbonyl (C=O) groups excluding carboxylic acids is 1. The lowest BCUT2D eigenvalue weighted by Crippen LogP contribution is -2.39. The van der Waals surface area contributed by atoms with Gasteiger partial charge in [0.15, 0.2) is 5.65 Å². The molecule has 1 fully saturated rings. The first kappa shape index (κ1) is 20.0. The molecular formula is C24H29N5O2. The number of amides is 1. The van der Waals surface area contributed by atoms with Crippen molar-refractivity contribution in [1.82, 2.24) is 24.4 Å². The van der Waals surface area contributed by atoms with Crippen molar-refractivity contribution in [3.8, 4) is 0 Å². The summed E-state index contributed by atoms with van der Waals surface area (Å²) >= 11 is 0. The highest BCUT2D eigenvalue weighted by Gasteiger charge is 2.32. The van der Waals surface area contributed by atoms with Gasteiger partial charge in [0.2, 0.25) is 0 Å². The summed E-state index contributed by atoms with van der Waals surface area (Å²) in [7, 11) is 0. The highest BCUT2D eigenvalue weighted by atomic mass is 16.2. The van der Waals surface area contributed by atoms with Crippen LogP contribution in [0.15, 0.2) is 35.1 Å². The Bertz CT molecular complexity index is 1190. The van der Waals surface area contributed by atoms with Crippen LogP contribution in [0.5, 0.6) is 0 Å². The van der Waals surface area contributed by atoms with Crippen molar-refractivity contribution in [2.45, 2.75) is 58.7 Å². The van der Waals surface area contributed by atoms with Gasteiger partial charge in [-0.25, -0.2) is 9.50 Å². The number of likely N-dealkylation sites (tertiary alicyclic amines) is 1. The minimum Gasteiger partial charge on any atom is -0.330 e. The van der Waals surface area contributed by atoms with Gasteiger partial charge in [0.05, 0.1) is 17.4 Å². The SMILES string of the molecule is Cc1ccc(C(=O)N2CCC[C@@H]2c2cc3nc4c(c(=O)n3[nH]2)CCN(C(C)C)C4)cc1. The molecule has 1 N–H and O–H groups in total. The maximum atomic E-state index is 13.2. The number of nitrogens with one attached hydrogen (secondary N) is 1. The molecule has 2 aliphatic heterocycles. The second-order valence-electron chi connectivity index (χ2n) is 9.08. The van der Waals surface area contributed by atoms with Crippen molar-refractivity contribution >= 4 is 11.6 Å². The minimum absolute atomic E-state index is 0.0101. The smallest absolute Gasteiger partial charge is 0.276 e. The first-order chi connectivity index (χ1) is 14.9. The molecule has 1 atom stereocenters. The molecule has 1 saturated heterocycles. The Labute approximate surface area is 181 Å². The topological polar surface area (TPSA) is 73.7 Å². The van der Waals surface area contributed by atoms with Crippen LogP contribution >= 0.6 is 0 Å². The predicted octanol–water partition coefficient (Wildman–Crippen LogP) is 3.07. The molecule has 0 aliphatic carbocycles. The highest BCUT2D eigenvalue weighted by Crippen LogP contribution is 2.33. The van der Waals surface area contributed by atoms with Crippen LogP contribution < -0.4 is 5.56 Å². The molecule has 3 aromatic rings. The number of carbonyl (C=O) groups is 1. The van der Waals surface area contributed by atoms with E-state index in [2.05, 4.69) is 23.8 Å². The maximum Gasteiger partial charge on any atom is 0.276 e. The molecule has 0 bridgehead atoms. The van der Waals surface area contributed by atoms with Gasteiger partial charge in [-0.15, -0.1) is 0 Å². The van der Waals surface area contributed by atoms with Crippen LogP contribution in [0.1, 0.15) is 65.6 Å². The van der Waals surface area contributed by atoms with Crippen molar-refractivity contribution in [3.05, 3.63) is 68.8 Å². The standard InChI is InChI=1S/C24H29N5O2/c1-15(2)27-12-10-18-20(14-27)25-22-13-19(26-29(22)24(18)31)21-5-4-11-28(21)23(30)17-8-6-16(3)7-9-17/h6-9,13,15,21,26H,4-5,10-12,14H2,1-3H3/t21-/m1/s1. The number of hydrogen-bond acceptors (Lipinski definition) is 4. The number of fused-ring (bicyclic) bond motifs is 2. The molecule has 7 heteroatoms. The number of aromatic nitrogens is 3. The van der Waals surface area contributed by atoms with Gasteiger partial charge >= 0.3 is 0 Å². The fourth-order valence-corrected chi connectivity index (χ4v) is 4.84. The van der Waals surface area contributed by atoms with E-state index in [9.17, 15) is 9.59 Å². The zero-order valence-corrected chi connectivity index (χ0v) is 18.4. The average molecular weight is 420 g/mol. The highest BCUT2D eigenvalue weighted by molar-refractivity contribution is 5.94. The molecule has 0 spiro atoms. The first-order valence-corrected chi connectivity index (χ1v) is 11.2. The monoisotopic (exact) mass is 419 g/mol. The molecule has 0 saturated carbocycles. The molecule has 2 aliphatic rings. The fourth-order valence-electron chi connectivity index (χ4n) is 4.84. The third kappa shape index (κ3) is 3.47. The minimum atomic E-state index is -0.0703. The van der Waals surface area contributed by atoms with Crippen LogP contribution in [0, 0.1) is 6.92 Å². The molecular weight excluding hydrogens is 390 g/mol. The van der Waals surface area contributed by atoms with E-state index in [1.165, 1.54) is 0 Å². The fraction of sp³-hybridized carbons (Fsp3) is 0.458. The number of H-pyrrole nitrogens is 1. The Hall–Kier alpha value is -2.93. The van der Waals surface area contributed by atoms with E-state index >= 15 is 0 Å². The lowest BCUT2D eigenvalue weighted by molar-refractivity contribution is 0.0732. The van der Waals surface area contributed by atoms with Crippen molar-refractivity contribution in [1.29, 1.82) is 0 Å². The normalized spacial score (nSPS) is 19.4. The van der Waals surface area contributed by atoms with Crippen molar-refractivity contribution in [2.75, 3.05) is 13.1 Å². The molecule has 31 heavy (non-hydrogen) atoms. The maximum absolute atomic E-state index is 13.2. The summed E-state index contributed by atoms with van der Waals surface area (Å²) in [6, 6.07) is 10.0. The lowest BCUT2D eigenvalue weighted by Gasteiger charge is -2.30. The molecule has 162 valence electrons. The summed E-state index contributed by atoms with van der Waals surface area (Å²) in [4.78, 5) is 35.4. The molecule has 5 rings (SSSR count). The van der Waals surface area contributed by atoms with Crippen molar-refractivity contribution in [2.24, 2.45) is 0 Å². The van der Waals surface area contributed by atoms with Gasteiger partial charge in [0.1, 0.15) is 0 Å². The lowest BCUT2D eigenvalue weighted by atomic mass is 10.1. The summed E-state index contributed by atoms with van der Waals surface area (Å²) < 4.78 is 1.56. The zero-order valence-electron chi connectivity index (χ0n) is 18.4. The van der Waals surface area contributed by atoms with E-state index in [1.54, 1.807) is 4.52 Å². The Balaban J connectivity index is 1.49.